The van der Waals surface area contributed by atoms with Gasteiger partial charge in [0, 0.05) is 18.3 Å². The van der Waals surface area contributed by atoms with Crippen molar-refractivity contribution in [3.05, 3.63) is 11.6 Å². The number of Topliss-reactive ketones (excluding diaryl/α,β-unsaturated/α-hetero) is 1. The molecule has 0 unspecified atom stereocenters. The number of aliphatic hydroxyl groups is 2. The van der Waals surface area contributed by atoms with E-state index >= 15 is 0 Å². The average Bonchev–Trinajstić information content (AvgIpc) is 3.22. The van der Waals surface area contributed by atoms with Crippen LogP contribution in [0.1, 0.15) is 85.5 Å². The zero-order chi connectivity index (χ0) is 32.6. The predicted octanol–water partition coefficient (Wildman–Crippen LogP) is 1.45. The molecular weight excluding hydrogens is 572 g/mol. The molecule has 0 aromatic rings. The van der Waals surface area contributed by atoms with E-state index in [1.54, 1.807) is 19.9 Å². The van der Waals surface area contributed by atoms with Crippen molar-refractivity contribution < 1.29 is 48.8 Å². The van der Waals surface area contributed by atoms with Crippen LogP contribution < -0.4 is 10.6 Å². The number of aliphatic hydroxyl groups excluding tert-OH is 1. The number of hydrogen-bond acceptors (Lipinski definition) is 9. The summed E-state index contributed by atoms with van der Waals surface area (Å²) in [5.74, 6) is -4.15. The van der Waals surface area contributed by atoms with E-state index in [9.17, 15) is 39.0 Å². The Kier molecular flexibility index (Phi) is 9.75. The first-order chi connectivity index (χ1) is 20.5. The number of carboxylic acid groups (broad SMARTS) is 1. The average molecular weight is 619 g/mol. The summed E-state index contributed by atoms with van der Waals surface area (Å²) in [6.45, 7) is 6.08. The Bertz CT molecular complexity index is 1250. The second-order valence-electron chi connectivity index (χ2n) is 14.0. The van der Waals surface area contributed by atoms with Gasteiger partial charge in [0.2, 0.25) is 17.6 Å². The van der Waals surface area contributed by atoms with E-state index in [0.29, 0.717) is 19.3 Å². The van der Waals surface area contributed by atoms with Crippen LogP contribution in [0.25, 0.3) is 0 Å². The van der Waals surface area contributed by atoms with Crippen molar-refractivity contribution in [3.63, 3.8) is 0 Å². The van der Waals surface area contributed by atoms with Crippen molar-refractivity contribution >= 4 is 35.3 Å². The maximum atomic E-state index is 13.4. The lowest BCUT2D eigenvalue weighted by atomic mass is 9.45. The van der Waals surface area contributed by atoms with E-state index in [-0.39, 0.29) is 60.6 Å². The number of hydrogen-bond donors (Lipinski definition) is 5. The topological polar surface area (TPSA) is 196 Å². The Morgan fingerprint density at radius 2 is 1.77 bits per heavy atom. The molecule has 12 nitrogen and oxygen atoms in total. The van der Waals surface area contributed by atoms with E-state index in [1.807, 2.05) is 6.92 Å². The molecule has 244 valence electrons. The third-order valence-corrected chi connectivity index (χ3v) is 11.1. The van der Waals surface area contributed by atoms with E-state index in [0.717, 1.165) is 18.4 Å². The number of aliphatic carboxylic acids is 1. The molecular formula is C32H46N2O10. The van der Waals surface area contributed by atoms with Gasteiger partial charge in [0.05, 0.1) is 12.5 Å². The molecule has 0 saturated heterocycles. The van der Waals surface area contributed by atoms with E-state index in [1.165, 1.54) is 0 Å². The summed E-state index contributed by atoms with van der Waals surface area (Å²) in [5, 5.41) is 36.8. The van der Waals surface area contributed by atoms with Crippen LogP contribution in [0, 0.1) is 34.5 Å². The van der Waals surface area contributed by atoms with Gasteiger partial charge in [-0.05, 0) is 73.7 Å². The highest BCUT2D eigenvalue weighted by atomic mass is 16.5. The molecule has 8 atom stereocenters. The minimum Gasteiger partial charge on any atom is -0.480 e. The minimum absolute atomic E-state index is 0.0122. The van der Waals surface area contributed by atoms with Crippen molar-refractivity contribution in [2.24, 2.45) is 34.5 Å². The molecule has 0 aromatic carbocycles. The number of nitrogens with one attached hydrogen (secondary N) is 2. The monoisotopic (exact) mass is 618 g/mol. The van der Waals surface area contributed by atoms with E-state index < -0.39 is 65.8 Å². The van der Waals surface area contributed by atoms with Crippen molar-refractivity contribution in [2.75, 3.05) is 13.2 Å². The van der Waals surface area contributed by atoms with Crippen LogP contribution in [0.5, 0.6) is 0 Å². The summed E-state index contributed by atoms with van der Waals surface area (Å²) < 4.78 is 5.18. The lowest BCUT2D eigenvalue weighted by Gasteiger charge is -2.60. The van der Waals surface area contributed by atoms with Crippen LogP contribution in [0.4, 0.5) is 0 Å². The van der Waals surface area contributed by atoms with E-state index in [2.05, 4.69) is 17.6 Å². The first kappa shape index (κ1) is 33.8. The number of ether oxygens (including phenoxy) is 1. The molecule has 4 rings (SSSR count). The van der Waals surface area contributed by atoms with Crippen molar-refractivity contribution in [1.29, 1.82) is 0 Å². The summed E-state index contributed by atoms with van der Waals surface area (Å²) in [4.78, 5) is 73.4. The number of allylic oxidation sites excluding steroid dienone is 1. The number of carboxylic acids is 1. The first-order valence-corrected chi connectivity index (χ1v) is 15.7. The fourth-order valence-corrected chi connectivity index (χ4v) is 8.76. The summed E-state index contributed by atoms with van der Waals surface area (Å²) in [7, 11) is 0. The highest BCUT2D eigenvalue weighted by Gasteiger charge is 2.68. The normalized spacial score (nSPS) is 35.0. The summed E-state index contributed by atoms with van der Waals surface area (Å²) >= 11 is 0. The van der Waals surface area contributed by atoms with Gasteiger partial charge in [0.25, 0.3) is 0 Å². The number of ketones is 2. The number of rotatable bonds is 11. The fraction of sp³-hybridized carbons (Fsp3) is 0.750. The Balaban J connectivity index is 1.33. The quantitative estimate of drug-likeness (QED) is 0.211. The number of amides is 2. The standard InChI is InChI=1S/C32H46N2O10/c1-17(2)28(29(42)33-15-25(39)40)34-24(38)7-8-26(41)44-16-23(37)32(43)12-10-21-20-6-5-18-13-19(35)9-11-30(18,3)27(20)22(36)14-31(21,32)4/h13,17,20-22,27-28,36,43H,5-12,14-16H2,1-4H3,(H,33,42)(H,34,38)(H,39,40)/t20-,21-,22+,27+,28-,30+,31+,32+/m1/s1. The van der Waals surface area contributed by atoms with Gasteiger partial charge in [-0.15, -0.1) is 0 Å². The molecule has 5 N–H and O–H groups in total. The molecule has 0 spiro atoms. The predicted molar refractivity (Wildman–Crippen MR) is 156 cm³/mol. The molecule has 44 heavy (non-hydrogen) atoms. The molecule has 0 bridgehead atoms. The lowest BCUT2D eigenvalue weighted by Crippen LogP contribution is -2.62. The molecule has 2 amide bonds. The van der Waals surface area contributed by atoms with Gasteiger partial charge in [-0.3, -0.25) is 28.8 Å². The van der Waals surface area contributed by atoms with Crippen LogP contribution >= 0.6 is 0 Å². The highest BCUT2D eigenvalue weighted by Crippen LogP contribution is 2.67. The number of carbonyl (C=O) groups is 6. The minimum atomic E-state index is -1.78. The number of carbonyl (C=O) groups excluding carboxylic acids is 5. The molecule has 12 heteroatoms. The molecule has 3 saturated carbocycles. The molecule has 0 heterocycles. The maximum absolute atomic E-state index is 13.4. The second kappa shape index (κ2) is 12.7. The van der Waals surface area contributed by atoms with Gasteiger partial charge >= 0.3 is 11.9 Å². The van der Waals surface area contributed by atoms with Crippen LogP contribution in [-0.2, 0) is 33.5 Å². The Morgan fingerprint density at radius 1 is 1.07 bits per heavy atom. The lowest BCUT2D eigenvalue weighted by molar-refractivity contribution is -0.184. The van der Waals surface area contributed by atoms with Crippen LogP contribution in [-0.4, -0.2) is 81.5 Å². The summed E-state index contributed by atoms with van der Waals surface area (Å²) in [6.07, 6.45) is 4.01. The number of esters is 1. The third-order valence-electron chi connectivity index (χ3n) is 11.1. The van der Waals surface area contributed by atoms with E-state index in [4.69, 9.17) is 9.84 Å². The zero-order valence-electron chi connectivity index (χ0n) is 26.0. The van der Waals surface area contributed by atoms with Crippen molar-refractivity contribution in [1.82, 2.24) is 10.6 Å². The number of fused-ring (bicyclic) bond motifs is 5. The fourth-order valence-electron chi connectivity index (χ4n) is 8.76. The molecule has 3 fully saturated rings. The highest BCUT2D eigenvalue weighted by molar-refractivity contribution is 5.93. The Hall–Kier alpha value is -3.12. The van der Waals surface area contributed by atoms with Crippen LogP contribution in [0.3, 0.4) is 0 Å². The van der Waals surface area contributed by atoms with Gasteiger partial charge in [0.15, 0.2) is 12.4 Å². The van der Waals surface area contributed by atoms with Crippen molar-refractivity contribution in [2.45, 2.75) is 103 Å². The van der Waals surface area contributed by atoms with Gasteiger partial charge in [0.1, 0.15) is 18.2 Å². The van der Waals surface area contributed by atoms with Gasteiger partial charge in [-0.25, -0.2) is 0 Å². The van der Waals surface area contributed by atoms with Crippen molar-refractivity contribution in [3.8, 4) is 0 Å². The Labute approximate surface area is 257 Å². The van der Waals surface area contributed by atoms with Gasteiger partial charge in [-0.1, -0.05) is 33.3 Å². The summed E-state index contributed by atoms with van der Waals surface area (Å²) in [6, 6.07) is -0.995. The maximum Gasteiger partial charge on any atom is 0.322 e. The largest absolute Gasteiger partial charge is 0.480 e. The van der Waals surface area contributed by atoms with Crippen LogP contribution in [0.2, 0.25) is 0 Å². The first-order valence-electron chi connectivity index (χ1n) is 15.7. The molecule has 0 radical (unpaired) electrons. The molecule has 0 aliphatic heterocycles. The SMILES string of the molecule is CC(C)[C@@H](NC(=O)CCC(=O)OCC(=O)[C@@]1(O)CC[C@@H]2[C@H]3CCC4=CC(=O)CC[C@]4(C)[C@@H]3[C@@H](O)C[C@@]21C)C(=O)NCC(=O)O. The summed E-state index contributed by atoms with van der Waals surface area (Å²) in [5.41, 5.74) is -1.88. The smallest absolute Gasteiger partial charge is 0.322 e. The Morgan fingerprint density at radius 3 is 2.43 bits per heavy atom. The molecule has 4 aliphatic rings. The second-order valence-corrected chi connectivity index (χ2v) is 14.0. The van der Waals surface area contributed by atoms with Gasteiger partial charge in [-0.2, -0.15) is 0 Å². The zero-order valence-corrected chi connectivity index (χ0v) is 26.0. The molecule has 4 aliphatic carbocycles. The molecule has 0 aromatic heterocycles. The van der Waals surface area contributed by atoms with Gasteiger partial charge < -0.3 is 30.7 Å². The third kappa shape index (κ3) is 6.20. The van der Waals surface area contributed by atoms with Crippen LogP contribution in [0.15, 0.2) is 11.6 Å².